The van der Waals surface area contributed by atoms with Crippen LogP contribution in [0.15, 0.2) is 46.9 Å². The fourth-order valence-electron chi connectivity index (χ4n) is 2.52. The molecule has 2 aromatic rings. The first kappa shape index (κ1) is 14.6. The Morgan fingerprint density at radius 1 is 1.14 bits per heavy atom. The third-order valence-corrected chi connectivity index (χ3v) is 4.46. The highest BCUT2D eigenvalue weighted by molar-refractivity contribution is 9.10. The maximum absolute atomic E-state index is 10.0. The molecule has 3 heteroatoms. The molecule has 0 aromatic heterocycles. The molecule has 1 N–H and O–H groups in total. The molecule has 3 rings (SSSR count). The molecule has 0 saturated heterocycles. The van der Waals surface area contributed by atoms with Gasteiger partial charge in [0.15, 0.2) is 0 Å². The molecule has 0 heterocycles. The number of benzene rings is 2. The SMILES string of the molecule is Cc1cc(CC2(O)CC2)cc(Br)c1OCc1ccccc1. The lowest BCUT2D eigenvalue weighted by Crippen LogP contribution is -2.11. The van der Waals surface area contributed by atoms with Crippen molar-refractivity contribution in [2.45, 2.75) is 38.4 Å². The molecule has 0 unspecified atom stereocenters. The van der Waals surface area contributed by atoms with Crippen LogP contribution in [0.4, 0.5) is 0 Å². The Balaban J connectivity index is 1.73. The molecule has 0 radical (unpaired) electrons. The predicted molar refractivity (Wildman–Crippen MR) is 87.5 cm³/mol. The first-order valence-corrected chi connectivity index (χ1v) is 8.03. The van der Waals surface area contributed by atoms with Gasteiger partial charge in [-0.1, -0.05) is 36.4 Å². The molecule has 2 aromatic carbocycles. The van der Waals surface area contributed by atoms with E-state index in [4.69, 9.17) is 4.74 Å². The average Bonchev–Trinajstić information content (AvgIpc) is 3.16. The van der Waals surface area contributed by atoms with Crippen molar-refractivity contribution < 1.29 is 9.84 Å². The van der Waals surface area contributed by atoms with Crippen LogP contribution in [0.3, 0.4) is 0 Å². The number of ether oxygens (including phenoxy) is 1. The highest BCUT2D eigenvalue weighted by atomic mass is 79.9. The van der Waals surface area contributed by atoms with Crippen molar-refractivity contribution in [3.63, 3.8) is 0 Å². The van der Waals surface area contributed by atoms with Gasteiger partial charge >= 0.3 is 0 Å². The molecule has 0 aliphatic heterocycles. The summed E-state index contributed by atoms with van der Waals surface area (Å²) in [6.45, 7) is 2.61. The minimum absolute atomic E-state index is 0.460. The van der Waals surface area contributed by atoms with Crippen LogP contribution >= 0.6 is 15.9 Å². The van der Waals surface area contributed by atoms with Crippen LogP contribution in [0.1, 0.15) is 29.5 Å². The van der Waals surface area contributed by atoms with Gasteiger partial charge in [0.25, 0.3) is 0 Å². The predicted octanol–water partition coefficient (Wildman–Crippen LogP) is 4.40. The summed E-state index contributed by atoms with van der Waals surface area (Å²) in [7, 11) is 0. The van der Waals surface area contributed by atoms with Crippen LogP contribution in [0.5, 0.6) is 5.75 Å². The fraction of sp³-hybridized carbons (Fsp3) is 0.333. The lowest BCUT2D eigenvalue weighted by atomic mass is 10.0. The molecule has 21 heavy (non-hydrogen) atoms. The third-order valence-electron chi connectivity index (χ3n) is 3.88. The Labute approximate surface area is 133 Å². The van der Waals surface area contributed by atoms with Crippen LogP contribution in [-0.4, -0.2) is 10.7 Å². The quantitative estimate of drug-likeness (QED) is 0.869. The second-order valence-corrected chi connectivity index (χ2v) is 6.75. The molecular weight excluding hydrogens is 328 g/mol. The second-order valence-electron chi connectivity index (χ2n) is 5.90. The van der Waals surface area contributed by atoms with Gasteiger partial charge in [0.05, 0.1) is 10.1 Å². The van der Waals surface area contributed by atoms with Crippen LogP contribution in [0, 0.1) is 6.92 Å². The summed E-state index contributed by atoms with van der Waals surface area (Å²) in [5.41, 5.74) is 2.95. The second kappa shape index (κ2) is 5.82. The van der Waals surface area contributed by atoms with Gasteiger partial charge in [-0.3, -0.25) is 0 Å². The van der Waals surface area contributed by atoms with E-state index in [0.29, 0.717) is 6.61 Å². The van der Waals surface area contributed by atoms with Crippen LogP contribution in [0.25, 0.3) is 0 Å². The van der Waals surface area contributed by atoms with E-state index in [1.807, 2.05) is 25.1 Å². The molecule has 1 fully saturated rings. The lowest BCUT2D eigenvalue weighted by Gasteiger charge is -2.15. The maximum Gasteiger partial charge on any atom is 0.136 e. The fourth-order valence-corrected chi connectivity index (χ4v) is 3.24. The number of hydrogen-bond acceptors (Lipinski definition) is 2. The highest BCUT2D eigenvalue weighted by Crippen LogP contribution is 2.40. The van der Waals surface area contributed by atoms with E-state index in [2.05, 4.69) is 40.2 Å². The standard InChI is InChI=1S/C18H19BrO2/c1-13-9-15(11-18(20)7-8-18)10-16(19)17(13)21-12-14-5-3-2-4-6-14/h2-6,9-10,20H,7-8,11-12H2,1H3. The molecule has 0 spiro atoms. The van der Waals surface area contributed by atoms with E-state index in [0.717, 1.165) is 46.2 Å². The molecule has 0 bridgehead atoms. The van der Waals surface area contributed by atoms with Gasteiger partial charge in [0.1, 0.15) is 12.4 Å². The first-order valence-electron chi connectivity index (χ1n) is 7.24. The van der Waals surface area contributed by atoms with Crippen LogP contribution in [0.2, 0.25) is 0 Å². The van der Waals surface area contributed by atoms with Crippen molar-refractivity contribution in [3.05, 3.63) is 63.6 Å². The number of rotatable bonds is 5. The molecule has 1 aliphatic carbocycles. The van der Waals surface area contributed by atoms with E-state index in [1.165, 1.54) is 0 Å². The Bertz CT molecular complexity index is 610. The van der Waals surface area contributed by atoms with Crippen LogP contribution < -0.4 is 4.74 Å². The monoisotopic (exact) mass is 346 g/mol. The summed E-state index contributed by atoms with van der Waals surface area (Å²) in [4.78, 5) is 0. The molecular formula is C18H19BrO2. The van der Waals surface area contributed by atoms with Gasteiger partial charge in [-0.05, 0) is 58.5 Å². The summed E-state index contributed by atoms with van der Waals surface area (Å²) in [5.74, 6) is 0.880. The highest BCUT2D eigenvalue weighted by Gasteiger charge is 2.40. The minimum atomic E-state index is -0.460. The van der Waals surface area contributed by atoms with Crippen molar-refractivity contribution in [2.75, 3.05) is 0 Å². The topological polar surface area (TPSA) is 29.5 Å². The number of halogens is 1. The normalized spacial score (nSPS) is 15.8. The Morgan fingerprint density at radius 3 is 2.48 bits per heavy atom. The summed E-state index contributed by atoms with van der Waals surface area (Å²) in [5, 5.41) is 10.0. The number of aliphatic hydroxyl groups is 1. The first-order chi connectivity index (χ1) is 10.1. The Morgan fingerprint density at radius 2 is 1.86 bits per heavy atom. The summed E-state index contributed by atoms with van der Waals surface area (Å²) < 4.78 is 6.90. The van der Waals surface area contributed by atoms with Gasteiger partial charge in [-0.15, -0.1) is 0 Å². The maximum atomic E-state index is 10.0. The zero-order valence-electron chi connectivity index (χ0n) is 12.1. The van der Waals surface area contributed by atoms with E-state index in [1.54, 1.807) is 0 Å². The number of aryl methyl sites for hydroxylation is 1. The molecule has 110 valence electrons. The summed E-state index contributed by atoms with van der Waals surface area (Å²) >= 11 is 3.59. The van der Waals surface area contributed by atoms with E-state index in [-0.39, 0.29) is 0 Å². The molecule has 0 amide bonds. The minimum Gasteiger partial charge on any atom is -0.487 e. The Kier molecular flexibility index (Phi) is 4.05. The lowest BCUT2D eigenvalue weighted by molar-refractivity contribution is 0.151. The smallest absolute Gasteiger partial charge is 0.136 e. The molecule has 1 aliphatic rings. The number of hydrogen-bond donors (Lipinski definition) is 1. The van der Waals surface area contributed by atoms with Crippen molar-refractivity contribution in [3.8, 4) is 5.75 Å². The largest absolute Gasteiger partial charge is 0.487 e. The molecule has 2 nitrogen and oxygen atoms in total. The van der Waals surface area contributed by atoms with E-state index in [9.17, 15) is 5.11 Å². The van der Waals surface area contributed by atoms with Crippen molar-refractivity contribution in [2.24, 2.45) is 0 Å². The van der Waals surface area contributed by atoms with Gasteiger partial charge < -0.3 is 9.84 Å². The Hall–Kier alpha value is -1.32. The van der Waals surface area contributed by atoms with E-state index < -0.39 is 5.60 Å². The van der Waals surface area contributed by atoms with Crippen molar-refractivity contribution >= 4 is 15.9 Å². The van der Waals surface area contributed by atoms with Gasteiger partial charge in [-0.2, -0.15) is 0 Å². The summed E-state index contributed by atoms with van der Waals surface area (Å²) in [6, 6.07) is 14.3. The van der Waals surface area contributed by atoms with Crippen molar-refractivity contribution in [1.29, 1.82) is 0 Å². The van der Waals surface area contributed by atoms with Gasteiger partial charge in [0, 0.05) is 6.42 Å². The third kappa shape index (κ3) is 3.66. The van der Waals surface area contributed by atoms with Crippen LogP contribution in [-0.2, 0) is 13.0 Å². The molecule has 1 saturated carbocycles. The zero-order chi connectivity index (χ0) is 14.9. The molecule has 0 atom stereocenters. The van der Waals surface area contributed by atoms with Gasteiger partial charge in [-0.25, -0.2) is 0 Å². The van der Waals surface area contributed by atoms with E-state index >= 15 is 0 Å². The average molecular weight is 347 g/mol. The summed E-state index contributed by atoms with van der Waals surface area (Å²) in [6.07, 6.45) is 2.55. The van der Waals surface area contributed by atoms with Crippen molar-refractivity contribution in [1.82, 2.24) is 0 Å². The zero-order valence-corrected chi connectivity index (χ0v) is 13.7. The van der Waals surface area contributed by atoms with Gasteiger partial charge in [0.2, 0.25) is 0 Å².